The Hall–Kier alpha value is -6.17. The van der Waals surface area contributed by atoms with Crippen LogP contribution in [0.15, 0.2) is 146 Å². The van der Waals surface area contributed by atoms with E-state index in [1.165, 1.54) is 38.8 Å². The molecule has 0 saturated heterocycles. The molecule has 6 heterocycles. The van der Waals surface area contributed by atoms with Crippen LogP contribution in [0.4, 0.5) is 22.9 Å². The number of rotatable bonds is 4. The van der Waals surface area contributed by atoms with Crippen LogP contribution in [0.2, 0.25) is 0 Å². The summed E-state index contributed by atoms with van der Waals surface area (Å²) >= 11 is 0. The van der Waals surface area contributed by atoms with Gasteiger partial charge in [0.1, 0.15) is 5.82 Å². The van der Waals surface area contributed by atoms with Crippen LogP contribution in [0.25, 0.3) is 49.7 Å². The molecule has 3 aromatic heterocycles. The van der Waals surface area contributed by atoms with Gasteiger partial charge in [0.05, 0.1) is 17.0 Å². The number of hydrogen-bond donors (Lipinski definition) is 0. The minimum atomic E-state index is -0.227. The zero-order chi connectivity index (χ0) is 38.2. The fourth-order valence-electron chi connectivity index (χ4n) is 9.80. The van der Waals surface area contributed by atoms with Gasteiger partial charge in [-0.05, 0) is 40.2 Å². The van der Waals surface area contributed by atoms with Crippen LogP contribution in [0.3, 0.4) is 0 Å². The van der Waals surface area contributed by atoms with E-state index in [-0.39, 0.29) is 38.9 Å². The van der Waals surface area contributed by atoms with Gasteiger partial charge in [0.15, 0.2) is 0 Å². The summed E-state index contributed by atoms with van der Waals surface area (Å²) < 4.78 is 9.14. The van der Waals surface area contributed by atoms with Crippen LogP contribution >= 0.6 is 0 Å². The maximum Gasteiger partial charge on any atom is 2.00 e. The number of imidazole rings is 1. The van der Waals surface area contributed by atoms with Gasteiger partial charge in [0.25, 0.3) is 0 Å². The summed E-state index contributed by atoms with van der Waals surface area (Å²) in [5, 5.41) is 3.22. The molecule has 0 unspecified atom stereocenters. The fraction of sp³-hybridized carbons (Fsp3) is 0.120. The molecule has 0 saturated carbocycles. The third-order valence-electron chi connectivity index (χ3n) is 13.1. The Morgan fingerprint density at radius 1 is 0.621 bits per heavy atom. The van der Waals surface area contributed by atoms with Gasteiger partial charge in [-0.3, -0.25) is 4.98 Å². The summed E-state index contributed by atoms with van der Waals surface area (Å²) in [5.41, 5.74) is 13.1. The van der Waals surface area contributed by atoms with E-state index in [1.54, 1.807) is 0 Å². The smallest absolute Gasteiger partial charge is 0.503 e. The number of hydrogen-bond acceptors (Lipinski definition) is 5. The monoisotopic (exact) mass is 928 g/mol. The average Bonchev–Trinajstić information content (AvgIpc) is 3.83. The predicted octanol–water partition coefficient (Wildman–Crippen LogP) is 11.3. The van der Waals surface area contributed by atoms with Gasteiger partial charge in [-0.15, -0.1) is 30.3 Å². The quantitative estimate of drug-likeness (QED) is 0.1000. The van der Waals surface area contributed by atoms with Crippen LogP contribution in [0.1, 0.15) is 39.0 Å². The van der Waals surface area contributed by atoms with E-state index in [2.05, 4.69) is 169 Å². The number of ether oxygens (including phenoxy) is 1. The normalized spacial score (nSPS) is 15.3. The topological polar surface area (TPSA) is 45.9 Å². The van der Waals surface area contributed by atoms with Crippen molar-refractivity contribution >= 4 is 62.6 Å². The molecule has 9 aromatic rings. The summed E-state index contributed by atoms with van der Waals surface area (Å²) in [6, 6.07) is 56.4. The van der Waals surface area contributed by atoms with E-state index in [9.17, 15) is 0 Å². The zero-order valence-corrected chi connectivity index (χ0v) is 34.7. The third-order valence-corrected chi connectivity index (χ3v) is 13.1. The Bertz CT molecular complexity index is 3160. The molecule has 0 fully saturated rings. The van der Waals surface area contributed by atoms with E-state index in [0.717, 1.165) is 50.6 Å². The van der Waals surface area contributed by atoms with Crippen molar-refractivity contribution in [3.63, 3.8) is 0 Å². The molecular weight excluding hydrogens is 892 g/mol. The first-order valence-electron chi connectivity index (χ1n) is 19.6. The van der Waals surface area contributed by atoms with Crippen LogP contribution in [0.5, 0.6) is 11.5 Å². The van der Waals surface area contributed by atoms with Crippen LogP contribution in [0, 0.1) is 12.1 Å². The van der Waals surface area contributed by atoms with Crippen molar-refractivity contribution < 1.29 is 25.8 Å². The van der Waals surface area contributed by atoms with Crippen molar-refractivity contribution in [2.24, 2.45) is 0 Å². The van der Waals surface area contributed by atoms with Crippen LogP contribution in [-0.4, -0.2) is 21.4 Å². The molecule has 0 radical (unpaired) electrons. The summed E-state index contributed by atoms with van der Waals surface area (Å²) in [7, 11) is 0. The van der Waals surface area contributed by atoms with Crippen LogP contribution < -0.4 is 19.8 Å². The van der Waals surface area contributed by atoms with Gasteiger partial charge >= 0.3 is 28.0 Å². The number of para-hydroxylation sites is 2. The Labute approximate surface area is 352 Å². The number of fused-ring (bicyclic) bond motifs is 11. The summed E-state index contributed by atoms with van der Waals surface area (Å²) in [5.74, 6) is 2.08. The molecule has 58 heavy (non-hydrogen) atoms. The van der Waals surface area contributed by atoms with E-state index in [1.807, 2.05) is 30.5 Å². The van der Waals surface area contributed by atoms with Crippen molar-refractivity contribution in [3.05, 3.63) is 169 Å². The first kappa shape index (κ1) is 35.0. The molecular formula is C50H36BN5OPt. The summed E-state index contributed by atoms with van der Waals surface area (Å²) in [6.07, 6.45) is 1.87. The Balaban J connectivity index is 0.00000385. The molecule has 3 aliphatic heterocycles. The van der Waals surface area contributed by atoms with E-state index in [4.69, 9.17) is 14.7 Å². The first-order chi connectivity index (χ1) is 27.8. The minimum absolute atomic E-state index is 0. The zero-order valence-electron chi connectivity index (χ0n) is 32.4. The summed E-state index contributed by atoms with van der Waals surface area (Å²) in [6.45, 7) is 9.32. The van der Waals surface area contributed by atoms with Crippen molar-refractivity contribution in [1.29, 1.82) is 0 Å². The molecule has 8 heteroatoms. The van der Waals surface area contributed by atoms with Crippen molar-refractivity contribution in [3.8, 4) is 33.9 Å². The number of pyridine rings is 2. The van der Waals surface area contributed by atoms with E-state index >= 15 is 0 Å². The second-order valence-electron chi connectivity index (χ2n) is 16.5. The Kier molecular flexibility index (Phi) is 7.50. The number of anilines is 4. The second-order valence-corrected chi connectivity index (χ2v) is 16.5. The van der Waals surface area contributed by atoms with E-state index in [0.29, 0.717) is 11.5 Å². The van der Waals surface area contributed by atoms with Gasteiger partial charge < -0.3 is 18.8 Å². The molecule has 6 aromatic carbocycles. The molecule has 0 amide bonds. The SMILES string of the molecule is CC1(C)c2cccc3c4ccc(Oc5[c-]c(N6B7c8ccccc8-c8ccccc8N7c7cccnc76)ccc5)[c-]c4c4nc(-c5ccccc5)c(n4c23)C1(C)C.[Pt+2]. The van der Waals surface area contributed by atoms with Gasteiger partial charge in [-0.1, -0.05) is 141 Å². The summed E-state index contributed by atoms with van der Waals surface area (Å²) in [4.78, 5) is 15.1. The van der Waals surface area contributed by atoms with Gasteiger partial charge in [-0.25, -0.2) is 4.98 Å². The van der Waals surface area contributed by atoms with E-state index < -0.39 is 0 Å². The van der Waals surface area contributed by atoms with Gasteiger partial charge in [0, 0.05) is 56.6 Å². The number of benzene rings is 6. The molecule has 0 spiro atoms. The molecule has 12 rings (SSSR count). The molecule has 0 N–H and O–H groups in total. The largest absolute Gasteiger partial charge is 2.00 e. The molecule has 6 nitrogen and oxygen atoms in total. The van der Waals surface area contributed by atoms with Crippen molar-refractivity contribution in [2.75, 3.05) is 9.62 Å². The average molecular weight is 929 g/mol. The molecule has 280 valence electrons. The van der Waals surface area contributed by atoms with Gasteiger partial charge in [0.2, 0.25) is 0 Å². The Morgan fingerprint density at radius 2 is 1.36 bits per heavy atom. The van der Waals surface area contributed by atoms with Crippen molar-refractivity contribution in [2.45, 2.75) is 38.5 Å². The van der Waals surface area contributed by atoms with Gasteiger partial charge in [-0.2, -0.15) is 6.07 Å². The minimum Gasteiger partial charge on any atom is -0.503 e. The molecule has 3 aliphatic rings. The Morgan fingerprint density at radius 3 is 2.22 bits per heavy atom. The number of nitrogens with zero attached hydrogens (tertiary/aromatic N) is 5. The standard InChI is InChI=1S/C50H36BN5O.Pt/c1-49(2)40-22-13-21-38-35-27-26-34(30-39(35)47-53-44(31-15-6-5-7-16-31)46(50(49,3)4)54(47)45(38)40)57-33-18-12-17-32(29-33)55-48-43(25-14-28-52-48)56-42-24-11-9-20-37(42)36-19-8-10-23-41(36)51(55)56;/h5-28H,1-4H3;/q-2;+2. The fourth-order valence-corrected chi connectivity index (χ4v) is 9.80. The maximum absolute atomic E-state index is 6.72. The van der Waals surface area contributed by atoms with Crippen molar-refractivity contribution in [1.82, 2.24) is 14.4 Å². The third kappa shape index (κ3) is 4.59. The first-order valence-corrected chi connectivity index (χ1v) is 19.6. The second kappa shape index (κ2) is 12.4. The molecule has 0 atom stereocenters. The molecule has 0 bridgehead atoms. The van der Waals surface area contributed by atoms with Crippen LogP contribution in [-0.2, 0) is 31.9 Å². The number of aromatic nitrogens is 3. The molecule has 0 aliphatic carbocycles. The maximum atomic E-state index is 6.72. The predicted molar refractivity (Wildman–Crippen MR) is 232 cm³/mol.